The summed E-state index contributed by atoms with van der Waals surface area (Å²) in [5.41, 5.74) is -0.999. The molecule has 1 N–H and O–H groups in total. The fraction of sp³-hybridized carbons (Fsp3) is 0.375. The van der Waals surface area contributed by atoms with Gasteiger partial charge in [0.05, 0.1) is 12.4 Å². The SMILES string of the molecule is COCC(F)(F)c1cnc(C(=O)O)cn1. The number of carbonyl (C=O) groups is 1. The molecule has 5 nitrogen and oxygen atoms in total. The number of alkyl halides is 2. The Morgan fingerprint density at radius 1 is 1.53 bits per heavy atom. The van der Waals surface area contributed by atoms with E-state index >= 15 is 0 Å². The molecule has 0 amide bonds. The number of aromatic nitrogens is 2. The Labute approximate surface area is 83.7 Å². The highest BCUT2D eigenvalue weighted by atomic mass is 19.3. The highest BCUT2D eigenvalue weighted by molar-refractivity contribution is 5.84. The minimum atomic E-state index is -3.27. The molecule has 0 aliphatic carbocycles. The molecule has 15 heavy (non-hydrogen) atoms. The monoisotopic (exact) mass is 218 g/mol. The molecule has 1 aromatic heterocycles. The van der Waals surface area contributed by atoms with E-state index in [1.54, 1.807) is 0 Å². The van der Waals surface area contributed by atoms with Crippen LogP contribution in [0.25, 0.3) is 0 Å². The largest absolute Gasteiger partial charge is 0.476 e. The quantitative estimate of drug-likeness (QED) is 0.813. The van der Waals surface area contributed by atoms with Gasteiger partial charge in [-0.15, -0.1) is 0 Å². The summed E-state index contributed by atoms with van der Waals surface area (Å²) >= 11 is 0. The Hall–Kier alpha value is -1.63. The third-order valence-corrected chi connectivity index (χ3v) is 1.57. The van der Waals surface area contributed by atoms with E-state index in [1.807, 2.05) is 0 Å². The van der Waals surface area contributed by atoms with E-state index < -0.39 is 24.2 Å². The van der Waals surface area contributed by atoms with Crippen LogP contribution < -0.4 is 0 Å². The lowest BCUT2D eigenvalue weighted by atomic mass is 10.2. The standard InChI is InChI=1S/C8H8F2N2O3/c1-15-4-8(9,10)6-3-11-5(2-12-6)7(13)14/h2-3H,4H2,1H3,(H,13,14). The van der Waals surface area contributed by atoms with Crippen LogP contribution in [-0.2, 0) is 10.7 Å². The summed E-state index contributed by atoms with van der Waals surface area (Å²) in [6.07, 6.45) is 1.50. The molecule has 0 unspecified atom stereocenters. The van der Waals surface area contributed by atoms with Crippen molar-refractivity contribution in [3.8, 4) is 0 Å². The number of carboxylic acid groups (broad SMARTS) is 1. The van der Waals surface area contributed by atoms with Crippen LogP contribution in [0.1, 0.15) is 16.2 Å². The molecule has 0 spiro atoms. The maximum Gasteiger partial charge on any atom is 0.356 e. The van der Waals surface area contributed by atoms with Crippen LogP contribution in [-0.4, -0.2) is 34.8 Å². The molecule has 82 valence electrons. The molecule has 7 heteroatoms. The van der Waals surface area contributed by atoms with Crippen LogP contribution in [0.4, 0.5) is 8.78 Å². The zero-order valence-electron chi connectivity index (χ0n) is 7.78. The lowest BCUT2D eigenvalue weighted by Crippen LogP contribution is -2.22. The van der Waals surface area contributed by atoms with Gasteiger partial charge >= 0.3 is 11.9 Å². The second-order valence-electron chi connectivity index (χ2n) is 2.73. The molecule has 0 saturated carbocycles. The Morgan fingerprint density at radius 2 is 2.20 bits per heavy atom. The van der Waals surface area contributed by atoms with E-state index in [0.29, 0.717) is 0 Å². The van der Waals surface area contributed by atoms with Gasteiger partial charge in [0, 0.05) is 7.11 Å². The van der Waals surface area contributed by atoms with Crippen LogP contribution in [0, 0.1) is 0 Å². The van der Waals surface area contributed by atoms with Gasteiger partial charge in [0.15, 0.2) is 5.69 Å². The normalized spacial score (nSPS) is 11.4. The number of rotatable bonds is 4. The van der Waals surface area contributed by atoms with Gasteiger partial charge in [-0.05, 0) is 0 Å². The van der Waals surface area contributed by atoms with Gasteiger partial charge in [-0.3, -0.25) is 4.98 Å². The Morgan fingerprint density at radius 3 is 2.60 bits per heavy atom. The summed E-state index contributed by atoms with van der Waals surface area (Å²) < 4.78 is 30.5. The molecule has 0 saturated heterocycles. The average Bonchev–Trinajstić information content (AvgIpc) is 2.18. The Kier molecular flexibility index (Phi) is 3.25. The number of methoxy groups -OCH3 is 1. The maximum absolute atomic E-state index is 13.1. The first kappa shape index (κ1) is 11.4. The molecule has 1 rings (SSSR count). The summed E-state index contributed by atoms with van der Waals surface area (Å²) in [4.78, 5) is 17.0. The van der Waals surface area contributed by atoms with Gasteiger partial charge in [-0.25, -0.2) is 9.78 Å². The third-order valence-electron chi connectivity index (χ3n) is 1.57. The number of carboxylic acids is 1. The molecule has 0 fully saturated rings. The molecule has 1 aromatic rings. The number of aromatic carboxylic acids is 1. The molecule has 0 radical (unpaired) electrons. The molecule has 0 aliphatic rings. The van der Waals surface area contributed by atoms with Crippen LogP contribution in [0.15, 0.2) is 12.4 Å². The van der Waals surface area contributed by atoms with Crippen molar-refractivity contribution in [3.63, 3.8) is 0 Å². The number of hydrogen-bond acceptors (Lipinski definition) is 4. The molecular formula is C8H8F2N2O3. The summed E-state index contributed by atoms with van der Waals surface area (Å²) in [5, 5.41) is 8.47. The summed E-state index contributed by atoms with van der Waals surface area (Å²) in [7, 11) is 1.13. The average molecular weight is 218 g/mol. The fourth-order valence-corrected chi connectivity index (χ4v) is 0.883. The van der Waals surface area contributed by atoms with Crippen molar-refractivity contribution < 1.29 is 23.4 Å². The molecule has 0 atom stereocenters. The Bertz CT molecular complexity index is 353. The van der Waals surface area contributed by atoms with E-state index in [0.717, 1.165) is 19.5 Å². The van der Waals surface area contributed by atoms with E-state index in [2.05, 4.69) is 14.7 Å². The van der Waals surface area contributed by atoms with Crippen molar-refractivity contribution >= 4 is 5.97 Å². The van der Waals surface area contributed by atoms with E-state index in [1.165, 1.54) is 0 Å². The lowest BCUT2D eigenvalue weighted by Gasteiger charge is -2.13. The van der Waals surface area contributed by atoms with Crippen molar-refractivity contribution in [1.29, 1.82) is 0 Å². The van der Waals surface area contributed by atoms with Gasteiger partial charge in [0.25, 0.3) is 0 Å². The molecular weight excluding hydrogens is 210 g/mol. The predicted molar refractivity (Wildman–Crippen MR) is 44.8 cm³/mol. The fourth-order valence-electron chi connectivity index (χ4n) is 0.883. The number of nitrogens with zero attached hydrogens (tertiary/aromatic N) is 2. The van der Waals surface area contributed by atoms with Gasteiger partial charge in [0.2, 0.25) is 0 Å². The van der Waals surface area contributed by atoms with Crippen LogP contribution in [0.3, 0.4) is 0 Å². The van der Waals surface area contributed by atoms with Crippen molar-refractivity contribution in [2.75, 3.05) is 13.7 Å². The molecule has 1 heterocycles. The number of hydrogen-bond donors (Lipinski definition) is 1. The lowest BCUT2D eigenvalue weighted by molar-refractivity contribution is -0.0733. The van der Waals surface area contributed by atoms with Crippen molar-refractivity contribution in [2.45, 2.75) is 5.92 Å². The van der Waals surface area contributed by atoms with E-state index in [4.69, 9.17) is 5.11 Å². The smallest absolute Gasteiger partial charge is 0.356 e. The predicted octanol–water partition coefficient (Wildman–Crippen LogP) is 0.913. The first-order valence-electron chi connectivity index (χ1n) is 3.90. The van der Waals surface area contributed by atoms with Crippen molar-refractivity contribution in [1.82, 2.24) is 9.97 Å². The first-order chi connectivity index (χ1) is 6.97. The third kappa shape index (κ3) is 2.66. The zero-order chi connectivity index (χ0) is 11.5. The highest BCUT2D eigenvalue weighted by Crippen LogP contribution is 2.25. The molecule has 0 aromatic carbocycles. The summed E-state index contributed by atoms with van der Waals surface area (Å²) in [6.45, 7) is -0.825. The van der Waals surface area contributed by atoms with Gasteiger partial charge in [-0.2, -0.15) is 8.78 Å². The van der Waals surface area contributed by atoms with E-state index in [-0.39, 0.29) is 5.69 Å². The van der Waals surface area contributed by atoms with Crippen LogP contribution in [0.2, 0.25) is 0 Å². The maximum atomic E-state index is 13.1. The van der Waals surface area contributed by atoms with Crippen LogP contribution >= 0.6 is 0 Å². The summed E-state index contributed by atoms with van der Waals surface area (Å²) in [5.74, 6) is -4.58. The summed E-state index contributed by atoms with van der Waals surface area (Å²) in [6, 6.07) is 0. The minimum absolute atomic E-state index is 0.382. The first-order valence-corrected chi connectivity index (χ1v) is 3.90. The van der Waals surface area contributed by atoms with Crippen molar-refractivity contribution in [3.05, 3.63) is 23.8 Å². The van der Waals surface area contributed by atoms with Gasteiger partial charge in [-0.1, -0.05) is 0 Å². The topological polar surface area (TPSA) is 72.3 Å². The second kappa shape index (κ2) is 4.26. The molecule has 0 bridgehead atoms. The number of halogens is 2. The zero-order valence-corrected chi connectivity index (χ0v) is 7.78. The van der Waals surface area contributed by atoms with Gasteiger partial charge in [0.1, 0.15) is 12.3 Å². The minimum Gasteiger partial charge on any atom is -0.476 e. The Balaban J connectivity index is 2.93. The van der Waals surface area contributed by atoms with Crippen molar-refractivity contribution in [2.24, 2.45) is 0 Å². The van der Waals surface area contributed by atoms with E-state index in [9.17, 15) is 13.6 Å². The number of ether oxygens (including phenoxy) is 1. The highest BCUT2D eigenvalue weighted by Gasteiger charge is 2.33. The van der Waals surface area contributed by atoms with Gasteiger partial charge < -0.3 is 9.84 Å². The van der Waals surface area contributed by atoms with Crippen LogP contribution in [0.5, 0.6) is 0 Å². The second-order valence-corrected chi connectivity index (χ2v) is 2.73. The molecule has 0 aliphatic heterocycles.